The molecule has 1 N–H and O–H groups in total. The molecule has 0 aliphatic carbocycles. The van der Waals surface area contributed by atoms with Crippen LogP contribution < -0.4 is 5.32 Å². The third-order valence-electron chi connectivity index (χ3n) is 3.71. The van der Waals surface area contributed by atoms with E-state index in [1.165, 1.54) is 0 Å². The fourth-order valence-electron chi connectivity index (χ4n) is 2.50. The molecule has 0 bridgehead atoms. The molecule has 3 rings (SSSR count). The second kappa shape index (κ2) is 6.72. The molecular weight excluding hydrogens is 264 g/mol. The predicted molar refractivity (Wildman–Crippen MR) is 84.4 cm³/mol. The first-order valence-electron chi connectivity index (χ1n) is 7.72. The number of ether oxygens (including phenoxy) is 1. The van der Waals surface area contributed by atoms with Crippen LogP contribution in [0.1, 0.15) is 38.3 Å². The molecule has 5 nitrogen and oxygen atoms in total. The van der Waals surface area contributed by atoms with Gasteiger partial charge in [-0.2, -0.15) is 0 Å². The van der Waals surface area contributed by atoms with Crippen LogP contribution in [0.5, 0.6) is 0 Å². The van der Waals surface area contributed by atoms with Crippen molar-refractivity contribution in [3.63, 3.8) is 0 Å². The van der Waals surface area contributed by atoms with E-state index in [2.05, 4.69) is 34.5 Å². The molecule has 0 atom stereocenters. The Balaban J connectivity index is 1.79. The summed E-state index contributed by atoms with van der Waals surface area (Å²) in [7, 11) is 0. The fourth-order valence-corrected chi connectivity index (χ4v) is 2.50. The summed E-state index contributed by atoms with van der Waals surface area (Å²) in [6.45, 7) is 3.83. The van der Waals surface area contributed by atoms with Crippen molar-refractivity contribution in [3.05, 3.63) is 30.1 Å². The van der Waals surface area contributed by atoms with E-state index in [4.69, 9.17) is 4.74 Å². The van der Waals surface area contributed by atoms with Crippen molar-refractivity contribution in [2.45, 2.75) is 38.6 Å². The van der Waals surface area contributed by atoms with Gasteiger partial charge in [0, 0.05) is 19.3 Å². The Bertz CT molecular complexity index is 614. The van der Waals surface area contributed by atoms with E-state index in [0.717, 1.165) is 56.1 Å². The molecule has 1 aliphatic rings. The number of imidazole rings is 1. The lowest BCUT2D eigenvalue weighted by Crippen LogP contribution is -2.28. The van der Waals surface area contributed by atoms with E-state index in [1.54, 1.807) is 0 Å². The minimum atomic E-state index is 0.450. The highest BCUT2D eigenvalue weighted by atomic mass is 16.5. The number of rotatable bonds is 5. The summed E-state index contributed by atoms with van der Waals surface area (Å²) < 4.78 is 7.28. The number of nitrogens with zero attached hydrogens (tertiary/aromatic N) is 3. The van der Waals surface area contributed by atoms with Crippen LogP contribution in [-0.4, -0.2) is 33.9 Å². The van der Waals surface area contributed by atoms with E-state index in [0.29, 0.717) is 6.04 Å². The molecule has 5 heteroatoms. The monoisotopic (exact) mass is 286 g/mol. The summed E-state index contributed by atoms with van der Waals surface area (Å²) in [4.78, 5) is 4.39. The second-order valence-electron chi connectivity index (χ2n) is 5.39. The molecule has 112 valence electrons. The largest absolute Gasteiger partial charge is 0.381 e. The maximum Gasteiger partial charge on any atom is 0.154 e. The molecule has 1 saturated heterocycles. The Kier molecular flexibility index (Phi) is 4.50. The molecule has 1 fully saturated rings. The molecule has 2 aromatic rings. The summed E-state index contributed by atoms with van der Waals surface area (Å²) in [6, 6.07) is 4.45. The molecule has 0 spiro atoms. The molecule has 0 radical (unpaired) electrons. The second-order valence-corrected chi connectivity index (χ2v) is 5.39. The maximum absolute atomic E-state index is 5.38. The zero-order chi connectivity index (χ0) is 14.5. The van der Waals surface area contributed by atoms with Crippen LogP contribution in [-0.2, 0) is 4.74 Å². The molecule has 0 amide bonds. The number of aromatic nitrogens is 3. The topological polar surface area (TPSA) is 51.5 Å². The van der Waals surface area contributed by atoms with Crippen molar-refractivity contribution in [2.75, 3.05) is 18.5 Å². The van der Waals surface area contributed by atoms with Gasteiger partial charge >= 0.3 is 0 Å². The van der Waals surface area contributed by atoms with Gasteiger partial charge in [0.25, 0.3) is 0 Å². The maximum atomic E-state index is 5.38. The zero-order valence-electron chi connectivity index (χ0n) is 12.5. The summed E-state index contributed by atoms with van der Waals surface area (Å²) in [6.07, 6.45) is 10.4. The summed E-state index contributed by atoms with van der Waals surface area (Å²) >= 11 is 0. The predicted octanol–water partition coefficient (Wildman–Crippen LogP) is 3.13. The van der Waals surface area contributed by atoms with Crippen LogP contribution in [0.4, 0.5) is 5.82 Å². The Labute approximate surface area is 125 Å². The molecule has 0 saturated carbocycles. The number of unbranched alkanes of at least 4 members (excludes halogenated alkanes) is 1. The number of hydrogen-bond acceptors (Lipinski definition) is 4. The van der Waals surface area contributed by atoms with Crippen molar-refractivity contribution in [1.29, 1.82) is 0 Å². The van der Waals surface area contributed by atoms with Gasteiger partial charge in [-0.05, 0) is 37.5 Å². The average Bonchev–Trinajstić information content (AvgIpc) is 2.91. The molecular formula is C16H22N4O. The van der Waals surface area contributed by atoms with Gasteiger partial charge in [-0.3, -0.25) is 0 Å². The van der Waals surface area contributed by atoms with Crippen LogP contribution in [0.3, 0.4) is 0 Å². The van der Waals surface area contributed by atoms with E-state index in [1.807, 2.05) is 22.8 Å². The van der Waals surface area contributed by atoms with Crippen LogP contribution in [0, 0.1) is 0 Å². The van der Waals surface area contributed by atoms with E-state index in [9.17, 15) is 0 Å². The summed E-state index contributed by atoms with van der Waals surface area (Å²) in [5.41, 5.74) is 1.90. The first kappa shape index (κ1) is 14.1. The van der Waals surface area contributed by atoms with Gasteiger partial charge in [0.1, 0.15) is 5.82 Å². The number of fused-ring (bicyclic) bond motifs is 1. The van der Waals surface area contributed by atoms with Gasteiger partial charge in [0.2, 0.25) is 0 Å². The fraction of sp³-hybridized carbons (Fsp3) is 0.500. The Morgan fingerprint density at radius 3 is 3.05 bits per heavy atom. The van der Waals surface area contributed by atoms with Gasteiger partial charge in [0.15, 0.2) is 5.65 Å². The highest BCUT2D eigenvalue weighted by Crippen LogP contribution is 2.15. The normalized spacial score (nSPS) is 16.8. The van der Waals surface area contributed by atoms with Crippen LogP contribution in [0.15, 0.2) is 24.4 Å². The lowest BCUT2D eigenvalue weighted by molar-refractivity contribution is 0.0903. The molecule has 0 aromatic carbocycles. The summed E-state index contributed by atoms with van der Waals surface area (Å²) in [5.74, 6) is 0.901. The van der Waals surface area contributed by atoms with Crippen molar-refractivity contribution >= 4 is 17.5 Å². The minimum absolute atomic E-state index is 0.450. The quantitative estimate of drug-likeness (QED) is 0.917. The summed E-state index contributed by atoms with van der Waals surface area (Å²) in [5, 5.41) is 8.15. The van der Waals surface area contributed by atoms with Crippen molar-refractivity contribution < 1.29 is 4.74 Å². The first-order valence-corrected chi connectivity index (χ1v) is 7.72. The molecule has 0 unspecified atom stereocenters. The van der Waals surface area contributed by atoms with E-state index < -0.39 is 0 Å². The smallest absolute Gasteiger partial charge is 0.154 e. The molecule has 3 heterocycles. The Morgan fingerprint density at radius 1 is 1.38 bits per heavy atom. The molecule has 2 aromatic heterocycles. The third-order valence-corrected chi connectivity index (χ3v) is 3.71. The zero-order valence-corrected chi connectivity index (χ0v) is 12.5. The lowest BCUT2D eigenvalue weighted by atomic mass is 10.1. The van der Waals surface area contributed by atoms with Gasteiger partial charge < -0.3 is 10.1 Å². The average molecular weight is 286 g/mol. The Morgan fingerprint density at radius 2 is 2.24 bits per heavy atom. The number of nitrogens with one attached hydrogen (secondary N) is 1. The van der Waals surface area contributed by atoms with Gasteiger partial charge in [-0.15, -0.1) is 5.10 Å². The van der Waals surface area contributed by atoms with Gasteiger partial charge in [-0.25, -0.2) is 9.50 Å². The minimum Gasteiger partial charge on any atom is -0.381 e. The number of hydrogen-bond donors (Lipinski definition) is 1. The highest BCUT2D eigenvalue weighted by molar-refractivity contribution is 5.53. The van der Waals surface area contributed by atoms with E-state index in [-0.39, 0.29) is 0 Å². The van der Waals surface area contributed by atoms with Crippen molar-refractivity contribution in [1.82, 2.24) is 14.6 Å². The first-order chi connectivity index (χ1) is 10.4. The van der Waals surface area contributed by atoms with Gasteiger partial charge in [-0.1, -0.05) is 19.4 Å². The lowest BCUT2D eigenvalue weighted by Gasteiger charge is -2.23. The number of anilines is 1. The molecule has 1 aliphatic heterocycles. The van der Waals surface area contributed by atoms with Crippen molar-refractivity contribution in [2.24, 2.45) is 0 Å². The van der Waals surface area contributed by atoms with Crippen molar-refractivity contribution in [3.8, 4) is 0 Å². The van der Waals surface area contributed by atoms with Gasteiger partial charge in [0.05, 0.1) is 11.9 Å². The third kappa shape index (κ3) is 3.42. The van der Waals surface area contributed by atoms with Crippen LogP contribution in [0.2, 0.25) is 0 Å². The highest BCUT2D eigenvalue weighted by Gasteiger charge is 2.14. The molecule has 21 heavy (non-hydrogen) atoms. The van der Waals surface area contributed by atoms with E-state index >= 15 is 0 Å². The SMILES string of the molecule is CCC/C=C/c1cnc2ccc(NC3CCOCC3)nn12. The standard InChI is InChI=1S/C16H22N4O/c1-2-3-4-5-14-12-17-16-7-6-15(19-20(14)16)18-13-8-10-21-11-9-13/h4-7,12-13H,2-3,8-11H2,1H3,(H,18,19)/b5-4+. The van der Waals surface area contributed by atoms with Crippen LogP contribution in [0.25, 0.3) is 11.7 Å². The Hall–Kier alpha value is -1.88. The number of allylic oxidation sites excluding steroid dienone is 1. The van der Waals surface area contributed by atoms with Crippen LogP contribution >= 0.6 is 0 Å².